The van der Waals surface area contributed by atoms with Crippen molar-refractivity contribution in [3.8, 4) is 5.75 Å². The standard InChI is InChI=1S/C21H18ClNO4S/c1-3-27-21(26)18-19(25)17(10-13-7-8-16(24)12(2)9-13)28-20(18)23-15-6-4-5-14(22)11-15/h4-11,24-25H,3H2,1-2H3/b17-10+,23-20?. The van der Waals surface area contributed by atoms with E-state index in [9.17, 15) is 15.0 Å². The molecular formula is C21H18ClNO4S. The van der Waals surface area contributed by atoms with Crippen LogP contribution >= 0.6 is 23.4 Å². The number of aryl methyl sites for hydroxylation is 1. The number of hydrogen-bond acceptors (Lipinski definition) is 6. The van der Waals surface area contributed by atoms with Crippen molar-refractivity contribution in [3.05, 3.63) is 74.9 Å². The van der Waals surface area contributed by atoms with Gasteiger partial charge in [-0.25, -0.2) is 9.79 Å². The van der Waals surface area contributed by atoms with Crippen molar-refractivity contribution in [1.82, 2.24) is 0 Å². The number of rotatable bonds is 4. The highest BCUT2D eigenvalue weighted by Gasteiger charge is 2.33. The molecule has 0 fully saturated rings. The average molecular weight is 416 g/mol. The SMILES string of the molecule is CCOC(=O)C1=C(O)/C(=C\c2ccc(O)c(C)c2)SC1=Nc1cccc(Cl)c1. The van der Waals surface area contributed by atoms with Crippen LogP contribution in [0.4, 0.5) is 5.69 Å². The number of phenolic OH excluding ortho intramolecular Hbond substituents is 1. The first-order chi connectivity index (χ1) is 13.4. The van der Waals surface area contributed by atoms with Crippen molar-refractivity contribution in [1.29, 1.82) is 0 Å². The van der Waals surface area contributed by atoms with Gasteiger partial charge in [0.15, 0.2) is 0 Å². The predicted molar refractivity (Wildman–Crippen MR) is 113 cm³/mol. The Bertz CT molecular complexity index is 1030. The van der Waals surface area contributed by atoms with Crippen LogP contribution in [0.25, 0.3) is 6.08 Å². The number of carbonyl (C=O) groups excluding carboxylic acids is 1. The number of hydrogen-bond donors (Lipinski definition) is 2. The minimum Gasteiger partial charge on any atom is -0.508 e. The van der Waals surface area contributed by atoms with Gasteiger partial charge >= 0.3 is 5.97 Å². The van der Waals surface area contributed by atoms with Crippen molar-refractivity contribution >= 4 is 46.1 Å². The van der Waals surface area contributed by atoms with Crippen molar-refractivity contribution in [3.63, 3.8) is 0 Å². The predicted octanol–water partition coefficient (Wildman–Crippen LogP) is 5.55. The molecule has 0 atom stereocenters. The van der Waals surface area contributed by atoms with E-state index in [0.717, 1.165) is 5.56 Å². The van der Waals surface area contributed by atoms with Crippen LogP contribution in [0.15, 0.2) is 63.7 Å². The fourth-order valence-electron chi connectivity index (χ4n) is 2.57. The average Bonchev–Trinajstić information content (AvgIpc) is 2.93. The minimum atomic E-state index is -0.640. The third-order valence-electron chi connectivity index (χ3n) is 3.93. The Morgan fingerprint density at radius 1 is 1.25 bits per heavy atom. The molecule has 144 valence electrons. The molecular weight excluding hydrogens is 398 g/mol. The largest absolute Gasteiger partial charge is 0.508 e. The quantitative estimate of drug-likeness (QED) is 0.640. The van der Waals surface area contributed by atoms with Gasteiger partial charge in [0.2, 0.25) is 0 Å². The van der Waals surface area contributed by atoms with Crippen LogP contribution in [0.2, 0.25) is 5.02 Å². The number of phenols is 1. The molecule has 2 aromatic rings. The Hall–Kier alpha value is -2.70. The molecule has 28 heavy (non-hydrogen) atoms. The maximum Gasteiger partial charge on any atom is 0.344 e. The normalized spacial score (nSPS) is 16.8. The third-order valence-corrected chi connectivity index (χ3v) is 5.18. The van der Waals surface area contributed by atoms with Gasteiger partial charge in [0.25, 0.3) is 0 Å². The molecule has 5 nitrogen and oxygen atoms in total. The van der Waals surface area contributed by atoms with E-state index in [2.05, 4.69) is 4.99 Å². The summed E-state index contributed by atoms with van der Waals surface area (Å²) in [7, 11) is 0. The summed E-state index contributed by atoms with van der Waals surface area (Å²) in [4.78, 5) is 17.3. The van der Waals surface area contributed by atoms with Gasteiger partial charge in [0, 0.05) is 5.02 Å². The first kappa shape index (κ1) is 20.0. The number of halogens is 1. The highest BCUT2D eigenvalue weighted by molar-refractivity contribution is 8.18. The number of benzene rings is 2. The Morgan fingerprint density at radius 3 is 2.71 bits per heavy atom. The Morgan fingerprint density at radius 2 is 2.04 bits per heavy atom. The number of carbonyl (C=O) groups is 1. The lowest BCUT2D eigenvalue weighted by molar-refractivity contribution is -0.138. The summed E-state index contributed by atoms with van der Waals surface area (Å²) < 4.78 is 5.08. The van der Waals surface area contributed by atoms with Crippen LogP contribution in [0.1, 0.15) is 18.1 Å². The second kappa shape index (κ2) is 8.54. The van der Waals surface area contributed by atoms with Crippen LogP contribution in [-0.2, 0) is 9.53 Å². The molecule has 0 unspecified atom stereocenters. The van der Waals surface area contributed by atoms with E-state index in [1.165, 1.54) is 11.8 Å². The molecule has 0 saturated heterocycles. The van der Waals surface area contributed by atoms with Crippen molar-refractivity contribution in [2.24, 2.45) is 4.99 Å². The molecule has 1 aliphatic heterocycles. The molecule has 0 bridgehead atoms. The van der Waals surface area contributed by atoms with Crippen molar-refractivity contribution in [2.45, 2.75) is 13.8 Å². The lowest BCUT2D eigenvalue weighted by Crippen LogP contribution is -2.12. The zero-order chi connectivity index (χ0) is 20.3. The summed E-state index contributed by atoms with van der Waals surface area (Å²) in [5.74, 6) is -0.634. The maximum atomic E-state index is 12.4. The van der Waals surface area contributed by atoms with Gasteiger partial charge in [-0.05, 0) is 61.4 Å². The number of ether oxygens (including phenoxy) is 1. The van der Waals surface area contributed by atoms with Gasteiger partial charge in [-0.3, -0.25) is 0 Å². The van der Waals surface area contributed by atoms with Gasteiger partial charge in [0.1, 0.15) is 22.1 Å². The monoisotopic (exact) mass is 415 g/mol. The van der Waals surface area contributed by atoms with E-state index < -0.39 is 5.97 Å². The first-order valence-corrected chi connectivity index (χ1v) is 9.73. The van der Waals surface area contributed by atoms with Crippen LogP contribution in [-0.4, -0.2) is 27.8 Å². The zero-order valence-electron chi connectivity index (χ0n) is 15.3. The number of aliphatic hydroxyl groups is 1. The number of thioether (sulfide) groups is 1. The topological polar surface area (TPSA) is 79.1 Å². The molecule has 0 aromatic heterocycles. The van der Waals surface area contributed by atoms with Crippen molar-refractivity contribution in [2.75, 3.05) is 6.61 Å². The zero-order valence-corrected chi connectivity index (χ0v) is 16.8. The number of nitrogens with zero attached hydrogens (tertiary/aromatic N) is 1. The van der Waals surface area contributed by atoms with Gasteiger partial charge in [-0.15, -0.1) is 0 Å². The number of aliphatic imine (C=N–C) groups is 1. The molecule has 0 radical (unpaired) electrons. The molecule has 7 heteroatoms. The van der Waals surface area contributed by atoms with E-state index >= 15 is 0 Å². The molecule has 1 aliphatic rings. The van der Waals surface area contributed by atoms with E-state index in [1.807, 2.05) is 0 Å². The molecule has 0 spiro atoms. The maximum absolute atomic E-state index is 12.4. The fourth-order valence-corrected chi connectivity index (χ4v) is 3.79. The third kappa shape index (κ3) is 4.40. The summed E-state index contributed by atoms with van der Waals surface area (Å²) >= 11 is 7.18. The highest BCUT2D eigenvalue weighted by Crippen LogP contribution is 2.40. The summed E-state index contributed by atoms with van der Waals surface area (Å²) in [5.41, 5.74) is 2.07. The van der Waals surface area contributed by atoms with Crippen LogP contribution in [0.5, 0.6) is 5.75 Å². The fraction of sp³-hybridized carbons (Fsp3) is 0.143. The highest BCUT2D eigenvalue weighted by atomic mass is 35.5. The van der Waals surface area contributed by atoms with Crippen LogP contribution < -0.4 is 0 Å². The van der Waals surface area contributed by atoms with Gasteiger partial charge in [-0.2, -0.15) is 0 Å². The van der Waals surface area contributed by atoms with Crippen LogP contribution in [0, 0.1) is 6.92 Å². The number of esters is 1. The molecule has 2 aromatic carbocycles. The minimum absolute atomic E-state index is 0.0218. The lowest BCUT2D eigenvalue weighted by atomic mass is 10.1. The Balaban J connectivity index is 2.05. The van der Waals surface area contributed by atoms with Crippen LogP contribution in [0.3, 0.4) is 0 Å². The molecule has 2 N–H and O–H groups in total. The summed E-state index contributed by atoms with van der Waals surface area (Å²) in [5, 5.41) is 21.2. The molecule has 0 saturated carbocycles. The second-order valence-corrected chi connectivity index (χ2v) is 7.46. The van der Waals surface area contributed by atoms with Gasteiger partial charge in [-0.1, -0.05) is 35.5 Å². The smallest absolute Gasteiger partial charge is 0.344 e. The molecule has 0 amide bonds. The molecule has 3 rings (SSSR count). The van der Waals surface area contributed by atoms with Gasteiger partial charge in [0.05, 0.1) is 17.2 Å². The van der Waals surface area contributed by atoms with Crippen molar-refractivity contribution < 1.29 is 19.7 Å². The summed E-state index contributed by atoms with van der Waals surface area (Å²) in [6, 6.07) is 12.0. The number of aromatic hydroxyl groups is 1. The van der Waals surface area contributed by atoms with E-state index in [4.69, 9.17) is 16.3 Å². The summed E-state index contributed by atoms with van der Waals surface area (Å²) in [6.45, 7) is 3.66. The van der Waals surface area contributed by atoms with Gasteiger partial charge < -0.3 is 14.9 Å². The van der Waals surface area contributed by atoms with E-state index in [-0.39, 0.29) is 23.7 Å². The van der Waals surface area contributed by atoms with E-state index in [0.29, 0.717) is 26.2 Å². The summed E-state index contributed by atoms with van der Waals surface area (Å²) in [6.07, 6.45) is 1.73. The first-order valence-electron chi connectivity index (χ1n) is 8.53. The Labute approximate surface area is 172 Å². The Kier molecular flexibility index (Phi) is 6.11. The molecule has 1 heterocycles. The lowest BCUT2D eigenvalue weighted by Gasteiger charge is -2.04. The molecule has 0 aliphatic carbocycles. The van der Waals surface area contributed by atoms with E-state index in [1.54, 1.807) is 62.4 Å². The second-order valence-electron chi connectivity index (χ2n) is 6.00. The number of aliphatic hydroxyl groups excluding tert-OH is 1.